The molecule has 1 heterocycles. The molecule has 1 aliphatic heterocycles. The zero-order valence-electron chi connectivity index (χ0n) is 13.3. The Labute approximate surface area is 141 Å². The Hall–Kier alpha value is -2.82. The van der Waals surface area contributed by atoms with Gasteiger partial charge in [-0.25, -0.2) is 0 Å². The highest BCUT2D eigenvalue weighted by atomic mass is 16.5. The van der Waals surface area contributed by atoms with Crippen molar-refractivity contribution in [2.75, 3.05) is 13.1 Å². The van der Waals surface area contributed by atoms with Crippen LogP contribution in [0.15, 0.2) is 60.7 Å². The summed E-state index contributed by atoms with van der Waals surface area (Å²) in [5, 5.41) is 0. The van der Waals surface area contributed by atoms with Gasteiger partial charge in [-0.15, -0.1) is 0 Å². The van der Waals surface area contributed by atoms with Crippen LogP contribution in [0.2, 0.25) is 0 Å². The van der Waals surface area contributed by atoms with E-state index in [1.807, 2.05) is 60.7 Å². The van der Waals surface area contributed by atoms with E-state index in [1.54, 1.807) is 4.90 Å². The number of nitrogens with two attached hydrogens (primary N) is 1. The van der Waals surface area contributed by atoms with Crippen molar-refractivity contribution in [2.45, 2.75) is 12.5 Å². The first kappa shape index (κ1) is 16.1. The summed E-state index contributed by atoms with van der Waals surface area (Å²) >= 11 is 0. The molecule has 0 bridgehead atoms. The van der Waals surface area contributed by atoms with Crippen LogP contribution in [-0.4, -0.2) is 29.8 Å². The number of hydrogen-bond donors (Lipinski definition) is 1. The summed E-state index contributed by atoms with van der Waals surface area (Å²) in [6.45, 7) is 0.879. The lowest BCUT2D eigenvalue weighted by molar-refractivity contribution is -0.138. The number of primary amides is 1. The second-order valence-corrected chi connectivity index (χ2v) is 5.89. The first-order chi connectivity index (χ1) is 11.6. The van der Waals surface area contributed by atoms with Crippen molar-refractivity contribution in [3.05, 3.63) is 66.2 Å². The number of benzene rings is 2. The molecule has 0 spiro atoms. The van der Waals surface area contributed by atoms with Crippen molar-refractivity contribution in [2.24, 2.45) is 11.7 Å². The average Bonchev–Trinajstić information content (AvgIpc) is 3.11. The van der Waals surface area contributed by atoms with Gasteiger partial charge >= 0.3 is 0 Å². The fourth-order valence-electron chi connectivity index (χ4n) is 2.88. The zero-order valence-corrected chi connectivity index (χ0v) is 13.3. The lowest BCUT2D eigenvalue weighted by Gasteiger charge is -2.24. The summed E-state index contributed by atoms with van der Waals surface area (Å²) in [4.78, 5) is 26.0. The number of ether oxygens (including phenoxy) is 1. The van der Waals surface area contributed by atoms with E-state index in [1.165, 1.54) is 0 Å². The van der Waals surface area contributed by atoms with Crippen molar-refractivity contribution >= 4 is 11.8 Å². The van der Waals surface area contributed by atoms with Crippen LogP contribution in [0.5, 0.6) is 5.75 Å². The first-order valence-electron chi connectivity index (χ1n) is 8.00. The van der Waals surface area contributed by atoms with E-state index in [0.29, 0.717) is 25.3 Å². The lowest BCUT2D eigenvalue weighted by Crippen LogP contribution is -2.37. The molecule has 0 saturated carbocycles. The highest BCUT2D eigenvalue weighted by Gasteiger charge is 2.34. The largest absolute Gasteiger partial charge is 0.476 e. The number of carbonyl (C=O) groups excluding carboxylic acids is 2. The summed E-state index contributed by atoms with van der Waals surface area (Å²) in [5.74, 6) is -0.146. The Morgan fingerprint density at radius 3 is 2.25 bits per heavy atom. The van der Waals surface area contributed by atoms with Gasteiger partial charge in [0.05, 0.1) is 5.92 Å². The minimum atomic E-state index is -0.736. The minimum Gasteiger partial charge on any atom is -0.476 e. The van der Waals surface area contributed by atoms with Crippen molar-refractivity contribution in [3.63, 3.8) is 0 Å². The third-order valence-corrected chi connectivity index (χ3v) is 4.23. The van der Waals surface area contributed by atoms with Gasteiger partial charge in [-0.05, 0) is 18.6 Å². The lowest BCUT2D eigenvalue weighted by atomic mass is 10.1. The smallest absolute Gasteiger partial charge is 0.268 e. The second-order valence-electron chi connectivity index (χ2n) is 5.89. The third-order valence-electron chi connectivity index (χ3n) is 4.23. The van der Waals surface area contributed by atoms with Crippen LogP contribution in [0.3, 0.4) is 0 Å². The Kier molecular flexibility index (Phi) is 4.79. The highest BCUT2D eigenvalue weighted by Crippen LogP contribution is 2.26. The number of likely N-dealkylation sites (tertiary alicyclic amines) is 1. The maximum atomic E-state index is 13.0. The molecule has 2 atom stereocenters. The Morgan fingerprint density at radius 2 is 1.67 bits per heavy atom. The van der Waals surface area contributed by atoms with E-state index in [2.05, 4.69) is 0 Å². The van der Waals surface area contributed by atoms with E-state index in [-0.39, 0.29) is 17.7 Å². The summed E-state index contributed by atoms with van der Waals surface area (Å²) in [6, 6.07) is 18.6. The second kappa shape index (κ2) is 7.17. The molecule has 5 heteroatoms. The molecule has 1 saturated heterocycles. The van der Waals surface area contributed by atoms with Gasteiger partial charge in [0.15, 0.2) is 0 Å². The Balaban J connectivity index is 1.82. The monoisotopic (exact) mass is 324 g/mol. The molecule has 1 aliphatic rings. The average molecular weight is 324 g/mol. The van der Waals surface area contributed by atoms with Crippen LogP contribution in [0.1, 0.15) is 18.1 Å². The number of carbonyl (C=O) groups is 2. The van der Waals surface area contributed by atoms with Crippen LogP contribution in [-0.2, 0) is 9.59 Å². The molecule has 0 aliphatic carbocycles. The molecule has 2 aromatic carbocycles. The third kappa shape index (κ3) is 3.56. The molecule has 0 radical (unpaired) electrons. The molecule has 0 unspecified atom stereocenters. The van der Waals surface area contributed by atoms with Crippen molar-refractivity contribution in [3.8, 4) is 5.75 Å². The van der Waals surface area contributed by atoms with Gasteiger partial charge in [0.1, 0.15) is 5.75 Å². The fraction of sp³-hybridized carbons (Fsp3) is 0.263. The predicted molar refractivity (Wildman–Crippen MR) is 90.1 cm³/mol. The Morgan fingerprint density at radius 1 is 1.04 bits per heavy atom. The summed E-state index contributed by atoms with van der Waals surface area (Å²) in [5.41, 5.74) is 6.15. The normalized spacial score (nSPS) is 18.2. The van der Waals surface area contributed by atoms with Crippen molar-refractivity contribution < 1.29 is 14.3 Å². The topological polar surface area (TPSA) is 72.6 Å². The number of amides is 2. The quantitative estimate of drug-likeness (QED) is 0.916. The van der Waals surface area contributed by atoms with Crippen LogP contribution < -0.4 is 10.5 Å². The predicted octanol–water partition coefficient (Wildman–Crippen LogP) is 2.14. The summed E-state index contributed by atoms with van der Waals surface area (Å²) in [7, 11) is 0. The molecule has 3 rings (SSSR count). The van der Waals surface area contributed by atoms with E-state index in [0.717, 1.165) is 5.56 Å². The summed E-state index contributed by atoms with van der Waals surface area (Å²) in [6.07, 6.45) is -0.131. The number of rotatable bonds is 5. The van der Waals surface area contributed by atoms with E-state index < -0.39 is 6.10 Å². The molecule has 2 amide bonds. The van der Waals surface area contributed by atoms with Crippen LogP contribution >= 0.6 is 0 Å². The molecule has 0 aromatic heterocycles. The molecule has 1 fully saturated rings. The van der Waals surface area contributed by atoms with E-state index in [9.17, 15) is 9.59 Å². The molecule has 24 heavy (non-hydrogen) atoms. The SMILES string of the molecule is NC(=O)[C@H]1CCN(C(=O)[C@H](Oc2ccccc2)c2ccccc2)C1. The number of nitrogens with zero attached hydrogens (tertiary/aromatic N) is 1. The van der Waals surface area contributed by atoms with Gasteiger partial charge in [-0.1, -0.05) is 48.5 Å². The number of hydrogen-bond acceptors (Lipinski definition) is 3. The molecular formula is C19H20N2O3. The zero-order chi connectivity index (χ0) is 16.9. The molecular weight excluding hydrogens is 304 g/mol. The first-order valence-corrected chi connectivity index (χ1v) is 8.00. The highest BCUT2D eigenvalue weighted by molar-refractivity contribution is 5.85. The maximum Gasteiger partial charge on any atom is 0.268 e. The van der Waals surface area contributed by atoms with Gasteiger partial charge in [-0.2, -0.15) is 0 Å². The van der Waals surface area contributed by atoms with Crippen molar-refractivity contribution in [1.82, 2.24) is 4.90 Å². The fourth-order valence-corrected chi connectivity index (χ4v) is 2.88. The Bertz CT molecular complexity index is 703. The molecule has 2 N–H and O–H groups in total. The van der Waals surface area contributed by atoms with Gasteiger partial charge < -0.3 is 15.4 Å². The van der Waals surface area contributed by atoms with Crippen molar-refractivity contribution in [1.29, 1.82) is 0 Å². The minimum absolute atomic E-state index is 0.145. The van der Waals surface area contributed by atoms with Crippen LogP contribution in [0.4, 0.5) is 0 Å². The van der Waals surface area contributed by atoms with Gasteiger partial charge in [-0.3, -0.25) is 9.59 Å². The molecule has 2 aromatic rings. The molecule has 5 nitrogen and oxygen atoms in total. The van der Waals surface area contributed by atoms with Gasteiger partial charge in [0.2, 0.25) is 12.0 Å². The van der Waals surface area contributed by atoms with Gasteiger partial charge in [0, 0.05) is 18.7 Å². The van der Waals surface area contributed by atoms with E-state index >= 15 is 0 Å². The standard InChI is InChI=1S/C19H20N2O3/c20-18(22)15-11-12-21(13-15)19(23)17(14-7-3-1-4-8-14)24-16-9-5-2-6-10-16/h1-10,15,17H,11-13H2,(H2,20,22)/t15-,17+/m0/s1. The van der Waals surface area contributed by atoms with Crippen LogP contribution in [0.25, 0.3) is 0 Å². The molecule has 124 valence electrons. The maximum absolute atomic E-state index is 13.0. The van der Waals surface area contributed by atoms with Crippen LogP contribution in [0, 0.1) is 5.92 Å². The summed E-state index contributed by atoms with van der Waals surface area (Å²) < 4.78 is 5.96. The van der Waals surface area contributed by atoms with Gasteiger partial charge in [0.25, 0.3) is 5.91 Å². The number of para-hydroxylation sites is 1. The van der Waals surface area contributed by atoms with E-state index in [4.69, 9.17) is 10.5 Å².